The molecule has 0 radical (unpaired) electrons. The second-order valence-corrected chi connectivity index (χ2v) is 8.74. The van der Waals surface area contributed by atoms with Crippen LogP contribution in [0.4, 0.5) is 0 Å². The van der Waals surface area contributed by atoms with Crippen molar-refractivity contribution in [1.29, 1.82) is 0 Å². The van der Waals surface area contributed by atoms with Gasteiger partial charge in [-0.05, 0) is 37.0 Å². The molecule has 1 spiro atoms. The molecule has 0 aliphatic heterocycles. The van der Waals surface area contributed by atoms with Crippen molar-refractivity contribution >= 4 is 5.78 Å². The highest BCUT2D eigenvalue weighted by Gasteiger charge is 2.43. The van der Waals surface area contributed by atoms with Crippen LogP contribution >= 0.6 is 0 Å². The molecule has 31 heavy (non-hydrogen) atoms. The van der Waals surface area contributed by atoms with Crippen LogP contribution in [0.2, 0.25) is 0 Å². The van der Waals surface area contributed by atoms with E-state index in [0.29, 0.717) is 11.5 Å². The molecule has 0 unspecified atom stereocenters. The van der Waals surface area contributed by atoms with Crippen LogP contribution in [0.3, 0.4) is 0 Å². The standard InChI is InChI=1S/C25H24N4O2/c1-31-19-10-7-9-18(14-19)29-23(30)21-22(28-16-26-27-24(28)29)20-11-4-3-8-17(20)15-25(21)12-5-2-6-13-25/h3-4,7-11,14,16H,2,5-6,12-13,15H2,1H3. The third-order valence-corrected chi connectivity index (χ3v) is 7.08. The third kappa shape index (κ3) is 2.60. The molecule has 156 valence electrons. The molecule has 2 aromatic carbocycles. The van der Waals surface area contributed by atoms with Gasteiger partial charge < -0.3 is 4.74 Å². The Labute approximate surface area is 180 Å². The number of hydrogen-bond donors (Lipinski definition) is 0. The monoisotopic (exact) mass is 412 g/mol. The molecule has 2 aromatic heterocycles. The maximum atomic E-state index is 14.2. The number of rotatable bonds is 2. The Morgan fingerprint density at radius 2 is 1.87 bits per heavy atom. The van der Waals surface area contributed by atoms with Gasteiger partial charge in [0.1, 0.15) is 12.1 Å². The lowest BCUT2D eigenvalue weighted by Crippen LogP contribution is -2.43. The molecule has 1 saturated carbocycles. The van der Waals surface area contributed by atoms with E-state index >= 15 is 0 Å². The fraction of sp³-hybridized carbons (Fsp3) is 0.320. The SMILES string of the molecule is COc1cccc(-n2c(=O)c3c(n4cnnc24)-c2ccccc2CC32CCCCC2)c1. The molecule has 0 bridgehead atoms. The van der Waals surface area contributed by atoms with E-state index in [2.05, 4.69) is 28.4 Å². The van der Waals surface area contributed by atoms with Gasteiger partial charge in [0, 0.05) is 22.6 Å². The number of nitrogens with zero attached hydrogens (tertiary/aromatic N) is 4. The van der Waals surface area contributed by atoms with E-state index < -0.39 is 0 Å². The minimum atomic E-state index is -0.141. The van der Waals surface area contributed by atoms with E-state index in [4.69, 9.17) is 4.74 Å². The average molecular weight is 412 g/mol. The Morgan fingerprint density at radius 3 is 2.71 bits per heavy atom. The minimum Gasteiger partial charge on any atom is -0.497 e. The number of methoxy groups -OCH3 is 1. The Kier molecular flexibility index (Phi) is 4.03. The Bertz CT molecular complexity index is 1360. The third-order valence-electron chi connectivity index (χ3n) is 7.08. The van der Waals surface area contributed by atoms with Crippen LogP contribution in [0.15, 0.2) is 59.7 Å². The number of benzene rings is 2. The highest BCUT2D eigenvalue weighted by Crippen LogP contribution is 2.49. The van der Waals surface area contributed by atoms with E-state index in [0.717, 1.165) is 54.6 Å². The molecule has 0 amide bonds. The van der Waals surface area contributed by atoms with Crippen LogP contribution in [-0.2, 0) is 11.8 Å². The summed E-state index contributed by atoms with van der Waals surface area (Å²) in [5, 5.41) is 8.57. The van der Waals surface area contributed by atoms with Crippen LogP contribution in [0.1, 0.15) is 43.2 Å². The van der Waals surface area contributed by atoms with Crippen LogP contribution in [0.25, 0.3) is 22.7 Å². The van der Waals surface area contributed by atoms with Crippen LogP contribution in [0.5, 0.6) is 5.75 Å². The van der Waals surface area contributed by atoms with E-state index in [1.807, 2.05) is 34.7 Å². The molecule has 4 aromatic rings. The first-order valence-corrected chi connectivity index (χ1v) is 10.9. The molecule has 6 heteroatoms. The summed E-state index contributed by atoms with van der Waals surface area (Å²) in [5.41, 5.74) is 4.93. The fourth-order valence-corrected chi connectivity index (χ4v) is 5.70. The first kappa shape index (κ1) is 18.4. The largest absolute Gasteiger partial charge is 0.497 e. The highest BCUT2D eigenvalue weighted by molar-refractivity contribution is 5.74. The van der Waals surface area contributed by atoms with Crippen molar-refractivity contribution in [3.8, 4) is 22.7 Å². The van der Waals surface area contributed by atoms with Crippen molar-refractivity contribution in [3.63, 3.8) is 0 Å². The zero-order valence-electron chi connectivity index (χ0n) is 17.5. The molecule has 6 rings (SSSR count). The summed E-state index contributed by atoms with van der Waals surface area (Å²) >= 11 is 0. The number of ether oxygens (including phenoxy) is 1. The number of fused-ring (bicyclic) bond motifs is 6. The van der Waals surface area contributed by atoms with Gasteiger partial charge in [0.25, 0.3) is 5.56 Å². The molecule has 0 saturated heterocycles. The first-order chi connectivity index (χ1) is 15.2. The number of aromatic nitrogens is 4. The predicted octanol–water partition coefficient (Wildman–Crippen LogP) is 4.31. The van der Waals surface area contributed by atoms with Gasteiger partial charge in [-0.15, -0.1) is 10.2 Å². The summed E-state index contributed by atoms with van der Waals surface area (Å²) in [5.74, 6) is 1.23. The quantitative estimate of drug-likeness (QED) is 0.492. The van der Waals surface area contributed by atoms with Crippen molar-refractivity contribution in [2.24, 2.45) is 0 Å². The van der Waals surface area contributed by atoms with Crippen LogP contribution in [-0.4, -0.2) is 26.3 Å². The second-order valence-electron chi connectivity index (χ2n) is 8.74. The fourth-order valence-electron chi connectivity index (χ4n) is 5.70. The van der Waals surface area contributed by atoms with Gasteiger partial charge in [-0.3, -0.25) is 9.20 Å². The molecule has 0 N–H and O–H groups in total. The Hall–Kier alpha value is -3.41. The molecule has 2 heterocycles. The predicted molar refractivity (Wildman–Crippen MR) is 119 cm³/mol. The summed E-state index contributed by atoms with van der Waals surface area (Å²) in [4.78, 5) is 14.2. The highest BCUT2D eigenvalue weighted by atomic mass is 16.5. The number of hydrogen-bond acceptors (Lipinski definition) is 4. The lowest BCUT2D eigenvalue weighted by Gasteiger charge is -2.42. The van der Waals surface area contributed by atoms with Gasteiger partial charge >= 0.3 is 0 Å². The van der Waals surface area contributed by atoms with Gasteiger partial charge in [-0.25, -0.2) is 4.57 Å². The van der Waals surface area contributed by atoms with E-state index in [1.54, 1.807) is 18.0 Å². The Balaban J connectivity index is 1.75. The van der Waals surface area contributed by atoms with E-state index in [9.17, 15) is 4.79 Å². The summed E-state index contributed by atoms with van der Waals surface area (Å²) in [7, 11) is 1.63. The summed E-state index contributed by atoms with van der Waals surface area (Å²) in [6, 6.07) is 16.1. The smallest absolute Gasteiger partial charge is 0.263 e. The van der Waals surface area contributed by atoms with E-state index in [-0.39, 0.29) is 11.0 Å². The van der Waals surface area contributed by atoms with Crippen LogP contribution < -0.4 is 10.3 Å². The van der Waals surface area contributed by atoms with E-state index in [1.165, 1.54) is 12.0 Å². The summed E-state index contributed by atoms with van der Waals surface area (Å²) in [6.07, 6.45) is 8.27. The zero-order valence-corrected chi connectivity index (χ0v) is 17.5. The van der Waals surface area contributed by atoms with Crippen molar-refractivity contribution in [2.45, 2.75) is 43.9 Å². The topological polar surface area (TPSA) is 61.4 Å². The van der Waals surface area contributed by atoms with Gasteiger partial charge in [0.15, 0.2) is 0 Å². The normalized spacial score (nSPS) is 16.8. The lowest BCUT2D eigenvalue weighted by molar-refractivity contribution is 0.284. The van der Waals surface area contributed by atoms with Crippen molar-refractivity contribution in [2.75, 3.05) is 7.11 Å². The minimum absolute atomic E-state index is 0.0140. The second kappa shape index (κ2) is 6.80. The van der Waals surface area contributed by atoms with Gasteiger partial charge in [0.2, 0.25) is 5.78 Å². The molecule has 1 fully saturated rings. The van der Waals surface area contributed by atoms with Crippen molar-refractivity contribution in [3.05, 3.63) is 76.3 Å². The molecule has 0 atom stereocenters. The molecule has 2 aliphatic rings. The molecule has 2 aliphatic carbocycles. The maximum Gasteiger partial charge on any atom is 0.263 e. The summed E-state index contributed by atoms with van der Waals surface area (Å²) < 4.78 is 9.13. The molecule has 6 nitrogen and oxygen atoms in total. The molecular formula is C25H24N4O2. The van der Waals surface area contributed by atoms with Crippen molar-refractivity contribution in [1.82, 2.24) is 19.2 Å². The first-order valence-electron chi connectivity index (χ1n) is 10.9. The van der Waals surface area contributed by atoms with Gasteiger partial charge in [-0.2, -0.15) is 0 Å². The maximum absolute atomic E-state index is 14.2. The summed E-state index contributed by atoms with van der Waals surface area (Å²) in [6.45, 7) is 0. The van der Waals surface area contributed by atoms with Gasteiger partial charge in [0.05, 0.1) is 18.5 Å². The Morgan fingerprint density at radius 1 is 1.03 bits per heavy atom. The zero-order chi connectivity index (χ0) is 21.0. The van der Waals surface area contributed by atoms with Gasteiger partial charge in [-0.1, -0.05) is 49.6 Å². The average Bonchev–Trinajstić information content (AvgIpc) is 3.29. The van der Waals surface area contributed by atoms with Crippen LogP contribution in [0, 0.1) is 0 Å². The lowest BCUT2D eigenvalue weighted by atomic mass is 9.62. The molecular weight excluding hydrogens is 388 g/mol. The van der Waals surface area contributed by atoms with Crippen molar-refractivity contribution < 1.29 is 4.74 Å².